The molecular formula is C14H20BrClN2O. The van der Waals surface area contributed by atoms with Gasteiger partial charge in [-0.1, -0.05) is 22.0 Å². The molecule has 5 heteroatoms. The van der Waals surface area contributed by atoms with Gasteiger partial charge in [-0.2, -0.15) is 0 Å². The first-order valence-corrected chi connectivity index (χ1v) is 7.13. The first-order chi connectivity index (χ1) is 8.61. The molecule has 1 N–H and O–H groups in total. The quantitative estimate of drug-likeness (QED) is 0.892. The third kappa shape index (κ3) is 3.71. The second-order valence-corrected chi connectivity index (χ2v) is 5.66. The molecule has 1 aromatic rings. The number of carbonyl (C=O) groups excluding carboxylic acids is 1. The molecule has 1 amide bonds. The predicted molar refractivity (Wildman–Crippen MR) is 84.1 cm³/mol. The van der Waals surface area contributed by atoms with Gasteiger partial charge in [-0.3, -0.25) is 4.79 Å². The van der Waals surface area contributed by atoms with E-state index < -0.39 is 0 Å². The summed E-state index contributed by atoms with van der Waals surface area (Å²) in [5, 5.41) is 3.32. The van der Waals surface area contributed by atoms with Crippen LogP contribution in [0.1, 0.15) is 28.8 Å². The van der Waals surface area contributed by atoms with E-state index in [0.717, 1.165) is 41.5 Å². The number of benzene rings is 1. The molecule has 0 atom stereocenters. The Morgan fingerprint density at radius 2 is 2.00 bits per heavy atom. The molecule has 3 nitrogen and oxygen atoms in total. The van der Waals surface area contributed by atoms with Crippen LogP contribution in [0.3, 0.4) is 0 Å². The summed E-state index contributed by atoms with van der Waals surface area (Å²) in [5.74, 6) is 0.126. The first-order valence-electron chi connectivity index (χ1n) is 6.34. The van der Waals surface area contributed by atoms with Gasteiger partial charge < -0.3 is 10.2 Å². The number of rotatable bonds is 2. The maximum atomic E-state index is 12.5. The summed E-state index contributed by atoms with van der Waals surface area (Å²) in [6, 6.07) is 6.15. The van der Waals surface area contributed by atoms with E-state index in [0.29, 0.717) is 6.04 Å². The summed E-state index contributed by atoms with van der Waals surface area (Å²) in [5.41, 5.74) is 1.81. The molecule has 0 unspecified atom stereocenters. The summed E-state index contributed by atoms with van der Waals surface area (Å²) >= 11 is 3.48. The summed E-state index contributed by atoms with van der Waals surface area (Å²) in [6.45, 7) is 3.98. The van der Waals surface area contributed by atoms with E-state index in [1.165, 1.54) is 0 Å². The SMILES string of the molecule is Cc1c(Br)cccc1C(=O)N(C)C1CCNCC1.Cl. The average molecular weight is 348 g/mol. The lowest BCUT2D eigenvalue weighted by molar-refractivity contribution is 0.0702. The summed E-state index contributed by atoms with van der Waals surface area (Å²) < 4.78 is 0.993. The Hall–Kier alpha value is -0.580. The van der Waals surface area contributed by atoms with E-state index in [9.17, 15) is 4.79 Å². The van der Waals surface area contributed by atoms with Crippen LogP contribution in [-0.2, 0) is 0 Å². The zero-order valence-electron chi connectivity index (χ0n) is 11.3. The van der Waals surface area contributed by atoms with Gasteiger partial charge in [0.05, 0.1) is 0 Å². The van der Waals surface area contributed by atoms with Gasteiger partial charge in [0.25, 0.3) is 5.91 Å². The number of nitrogens with zero attached hydrogens (tertiary/aromatic N) is 1. The molecule has 1 fully saturated rings. The number of carbonyl (C=O) groups is 1. The fourth-order valence-electron chi connectivity index (χ4n) is 2.39. The van der Waals surface area contributed by atoms with Gasteiger partial charge in [-0.25, -0.2) is 0 Å². The fourth-order valence-corrected chi connectivity index (χ4v) is 2.76. The molecular weight excluding hydrogens is 328 g/mol. The van der Waals surface area contributed by atoms with Crippen LogP contribution in [-0.4, -0.2) is 37.0 Å². The first kappa shape index (κ1) is 16.5. The highest BCUT2D eigenvalue weighted by molar-refractivity contribution is 9.10. The van der Waals surface area contributed by atoms with Crippen molar-refractivity contribution in [2.45, 2.75) is 25.8 Å². The number of hydrogen-bond donors (Lipinski definition) is 1. The van der Waals surface area contributed by atoms with Crippen LogP contribution >= 0.6 is 28.3 Å². The third-order valence-corrected chi connectivity index (χ3v) is 4.53. The van der Waals surface area contributed by atoms with Gasteiger partial charge >= 0.3 is 0 Å². The van der Waals surface area contributed by atoms with Gasteiger partial charge in [-0.15, -0.1) is 12.4 Å². The minimum atomic E-state index is 0. The molecule has 0 saturated carbocycles. The standard InChI is InChI=1S/C14H19BrN2O.ClH/c1-10-12(4-3-5-13(10)15)14(18)17(2)11-6-8-16-9-7-11;/h3-5,11,16H,6-9H2,1-2H3;1H. The lowest BCUT2D eigenvalue weighted by atomic mass is 10.0. The molecule has 1 aliphatic heterocycles. The van der Waals surface area contributed by atoms with Crippen LogP contribution in [0.5, 0.6) is 0 Å². The zero-order chi connectivity index (χ0) is 13.1. The third-order valence-electron chi connectivity index (χ3n) is 3.67. The topological polar surface area (TPSA) is 32.3 Å². The molecule has 106 valence electrons. The van der Waals surface area contributed by atoms with Crippen molar-refractivity contribution in [2.24, 2.45) is 0 Å². The molecule has 1 saturated heterocycles. The zero-order valence-corrected chi connectivity index (χ0v) is 13.7. The summed E-state index contributed by atoms with van der Waals surface area (Å²) in [7, 11) is 1.92. The van der Waals surface area contributed by atoms with Crippen molar-refractivity contribution < 1.29 is 4.79 Å². The summed E-state index contributed by atoms with van der Waals surface area (Å²) in [4.78, 5) is 14.4. The Morgan fingerprint density at radius 3 is 2.63 bits per heavy atom. The Kier molecular flexibility index (Phi) is 6.30. The van der Waals surface area contributed by atoms with Crippen LogP contribution in [0.2, 0.25) is 0 Å². The number of hydrogen-bond acceptors (Lipinski definition) is 2. The van der Waals surface area contributed by atoms with Crippen LogP contribution in [0.15, 0.2) is 22.7 Å². The van der Waals surface area contributed by atoms with Gasteiger partial charge in [0.1, 0.15) is 0 Å². The molecule has 0 aromatic heterocycles. The smallest absolute Gasteiger partial charge is 0.254 e. The van der Waals surface area contributed by atoms with Crippen molar-refractivity contribution in [3.63, 3.8) is 0 Å². The van der Waals surface area contributed by atoms with Crippen LogP contribution in [0.4, 0.5) is 0 Å². The molecule has 19 heavy (non-hydrogen) atoms. The number of nitrogens with one attached hydrogen (secondary N) is 1. The average Bonchev–Trinajstić information content (AvgIpc) is 2.41. The van der Waals surface area contributed by atoms with Gasteiger partial charge in [0.2, 0.25) is 0 Å². The molecule has 1 heterocycles. The Morgan fingerprint density at radius 1 is 1.37 bits per heavy atom. The van der Waals surface area contributed by atoms with Gasteiger partial charge in [-0.05, 0) is 50.6 Å². The lowest BCUT2D eigenvalue weighted by Gasteiger charge is -2.32. The molecule has 0 bridgehead atoms. The molecule has 2 rings (SSSR count). The Labute approximate surface area is 129 Å². The van der Waals surface area contributed by atoms with E-state index in [1.807, 2.05) is 37.1 Å². The van der Waals surface area contributed by atoms with E-state index in [1.54, 1.807) is 0 Å². The van der Waals surface area contributed by atoms with Crippen LogP contribution < -0.4 is 5.32 Å². The van der Waals surface area contributed by atoms with Crippen molar-refractivity contribution in [1.29, 1.82) is 0 Å². The van der Waals surface area contributed by atoms with E-state index in [-0.39, 0.29) is 18.3 Å². The monoisotopic (exact) mass is 346 g/mol. The van der Waals surface area contributed by atoms with Crippen molar-refractivity contribution >= 4 is 34.2 Å². The number of halogens is 2. The van der Waals surface area contributed by atoms with Crippen molar-refractivity contribution in [1.82, 2.24) is 10.2 Å². The van der Waals surface area contributed by atoms with Crippen molar-refractivity contribution in [3.05, 3.63) is 33.8 Å². The van der Waals surface area contributed by atoms with E-state index >= 15 is 0 Å². The summed E-state index contributed by atoms with van der Waals surface area (Å²) in [6.07, 6.45) is 2.07. The van der Waals surface area contributed by atoms with E-state index in [2.05, 4.69) is 21.2 Å². The highest BCUT2D eigenvalue weighted by atomic mass is 79.9. The largest absolute Gasteiger partial charge is 0.339 e. The maximum absolute atomic E-state index is 12.5. The normalized spacial score (nSPS) is 15.7. The lowest BCUT2D eigenvalue weighted by Crippen LogP contribution is -2.44. The van der Waals surface area contributed by atoms with Gasteiger partial charge in [0.15, 0.2) is 0 Å². The fraction of sp³-hybridized carbons (Fsp3) is 0.500. The molecule has 0 aliphatic carbocycles. The predicted octanol–water partition coefficient (Wildman–Crippen LogP) is 3.00. The second-order valence-electron chi connectivity index (χ2n) is 4.81. The molecule has 0 radical (unpaired) electrons. The second kappa shape index (κ2) is 7.27. The highest BCUT2D eigenvalue weighted by Crippen LogP contribution is 2.22. The number of piperidine rings is 1. The van der Waals surface area contributed by atoms with Crippen LogP contribution in [0.25, 0.3) is 0 Å². The minimum Gasteiger partial charge on any atom is -0.339 e. The van der Waals surface area contributed by atoms with Crippen molar-refractivity contribution in [2.75, 3.05) is 20.1 Å². The Bertz CT molecular complexity index is 447. The highest BCUT2D eigenvalue weighted by Gasteiger charge is 2.23. The van der Waals surface area contributed by atoms with E-state index in [4.69, 9.17) is 0 Å². The minimum absolute atomic E-state index is 0. The van der Waals surface area contributed by atoms with Crippen molar-refractivity contribution in [3.8, 4) is 0 Å². The molecule has 1 aliphatic rings. The maximum Gasteiger partial charge on any atom is 0.254 e. The number of amides is 1. The molecule has 1 aromatic carbocycles. The van der Waals surface area contributed by atoms with Gasteiger partial charge in [0, 0.05) is 23.1 Å². The van der Waals surface area contributed by atoms with Crippen LogP contribution in [0, 0.1) is 6.92 Å². The Balaban J connectivity index is 0.00000180. The molecule has 0 spiro atoms.